The van der Waals surface area contributed by atoms with Crippen LogP contribution < -0.4 is 0 Å². The van der Waals surface area contributed by atoms with Crippen LogP contribution in [-0.2, 0) is 16.1 Å². The molecule has 3 heterocycles. The molecule has 41 heavy (non-hydrogen) atoms. The van der Waals surface area contributed by atoms with Crippen LogP contribution in [0.2, 0.25) is 0 Å². The number of rotatable bonds is 7. The first kappa shape index (κ1) is 26.9. The molecule has 3 aromatic carbocycles. The topological polar surface area (TPSA) is 80.6 Å². The first-order chi connectivity index (χ1) is 20.0. The van der Waals surface area contributed by atoms with E-state index in [9.17, 15) is 9.59 Å². The highest BCUT2D eigenvalue weighted by molar-refractivity contribution is 7.12. The van der Waals surface area contributed by atoms with E-state index in [-0.39, 0.29) is 24.5 Å². The molecule has 0 saturated carbocycles. The van der Waals surface area contributed by atoms with E-state index >= 15 is 0 Å². The Balaban J connectivity index is 1.09. The standard InChI is InChI=1S/C32H31N5O3S/c1-22-18-35(14-15-36(22)30(38)20-40-19-24-8-4-3-5-9-24)31(39)28-17-33-37(23(28)2)32-34-29(21-41-32)27-13-12-25-10-6-7-11-26(25)16-27/h3-13,16-17,21-22H,14-15,18-20H2,1-2H3. The Morgan fingerprint density at radius 2 is 1.78 bits per heavy atom. The Hall–Kier alpha value is -4.34. The van der Waals surface area contributed by atoms with Gasteiger partial charge in [-0.15, -0.1) is 11.3 Å². The molecule has 208 valence electrons. The number of aromatic nitrogens is 3. The van der Waals surface area contributed by atoms with Gasteiger partial charge >= 0.3 is 0 Å². The molecule has 1 atom stereocenters. The number of benzene rings is 3. The van der Waals surface area contributed by atoms with Crippen LogP contribution in [0.15, 0.2) is 84.4 Å². The fourth-order valence-corrected chi connectivity index (χ4v) is 6.09. The maximum atomic E-state index is 13.5. The normalized spacial score (nSPS) is 15.4. The summed E-state index contributed by atoms with van der Waals surface area (Å²) in [5.74, 6) is -0.144. The van der Waals surface area contributed by atoms with Gasteiger partial charge in [-0.25, -0.2) is 9.67 Å². The molecule has 1 unspecified atom stereocenters. The minimum Gasteiger partial charge on any atom is -0.367 e. The molecule has 1 aliphatic heterocycles. The van der Waals surface area contributed by atoms with Crippen molar-refractivity contribution in [1.82, 2.24) is 24.6 Å². The second-order valence-electron chi connectivity index (χ2n) is 10.3. The Bertz CT molecular complexity index is 1700. The van der Waals surface area contributed by atoms with Crippen molar-refractivity contribution in [1.29, 1.82) is 0 Å². The van der Waals surface area contributed by atoms with E-state index in [4.69, 9.17) is 9.72 Å². The van der Waals surface area contributed by atoms with Crippen molar-refractivity contribution in [3.8, 4) is 16.4 Å². The third kappa shape index (κ3) is 5.64. The summed E-state index contributed by atoms with van der Waals surface area (Å²) >= 11 is 1.49. The minimum absolute atomic E-state index is 0.0219. The smallest absolute Gasteiger partial charge is 0.257 e. The molecule has 6 rings (SSSR count). The highest BCUT2D eigenvalue weighted by Crippen LogP contribution is 2.28. The van der Waals surface area contributed by atoms with Crippen molar-refractivity contribution in [3.05, 3.63) is 101 Å². The van der Waals surface area contributed by atoms with Crippen LogP contribution in [0.5, 0.6) is 0 Å². The zero-order chi connectivity index (χ0) is 28.3. The third-order valence-corrected chi connectivity index (χ3v) is 8.35. The average Bonchev–Trinajstić information content (AvgIpc) is 3.64. The van der Waals surface area contributed by atoms with Crippen molar-refractivity contribution in [2.45, 2.75) is 26.5 Å². The number of fused-ring (bicyclic) bond motifs is 1. The maximum absolute atomic E-state index is 13.5. The molecule has 5 aromatic rings. The predicted molar refractivity (Wildman–Crippen MR) is 160 cm³/mol. The molecule has 9 heteroatoms. The molecule has 1 aliphatic rings. The third-order valence-electron chi connectivity index (χ3n) is 7.53. The number of nitrogens with zero attached hydrogens (tertiary/aromatic N) is 5. The molecule has 1 saturated heterocycles. The van der Waals surface area contributed by atoms with Gasteiger partial charge in [-0.3, -0.25) is 9.59 Å². The minimum atomic E-state index is -0.112. The SMILES string of the molecule is Cc1c(C(=O)N2CCN(C(=O)COCc3ccccc3)C(C)C2)cnn1-c1nc(-c2ccc3ccccc3c2)cs1. The second-order valence-corrected chi connectivity index (χ2v) is 11.1. The monoisotopic (exact) mass is 565 g/mol. The summed E-state index contributed by atoms with van der Waals surface area (Å²) in [5.41, 5.74) is 4.24. The summed E-state index contributed by atoms with van der Waals surface area (Å²) in [6, 6.07) is 24.3. The number of hydrogen-bond donors (Lipinski definition) is 0. The molecule has 2 amide bonds. The summed E-state index contributed by atoms with van der Waals surface area (Å²) in [4.78, 5) is 34.7. The summed E-state index contributed by atoms with van der Waals surface area (Å²) in [7, 11) is 0. The summed E-state index contributed by atoms with van der Waals surface area (Å²) in [5, 5.41) is 9.60. The van der Waals surface area contributed by atoms with Crippen LogP contribution in [0.1, 0.15) is 28.5 Å². The van der Waals surface area contributed by atoms with Crippen molar-refractivity contribution < 1.29 is 14.3 Å². The van der Waals surface area contributed by atoms with Gasteiger partial charge in [0.25, 0.3) is 5.91 Å². The first-order valence-electron chi connectivity index (χ1n) is 13.7. The van der Waals surface area contributed by atoms with Gasteiger partial charge in [-0.1, -0.05) is 66.7 Å². The lowest BCUT2D eigenvalue weighted by atomic mass is 10.1. The van der Waals surface area contributed by atoms with E-state index < -0.39 is 0 Å². The molecular weight excluding hydrogens is 534 g/mol. The fourth-order valence-electron chi connectivity index (χ4n) is 5.25. The van der Waals surface area contributed by atoms with E-state index in [1.165, 1.54) is 22.1 Å². The molecule has 2 aromatic heterocycles. The van der Waals surface area contributed by atoms with E-state index in [1.807, 2.05) is 61.7 Å². The van der Waals surface area contributed by atoms with Crippen molar-refractivity contribution >= 4 is 33.9 Å². The maximum Gasteiger partial charge on any atom is 0.257 e. The number of thiazole rings is 1. The van der Waals surface area contributed by atoms with Gasteiger partial charge in [0, 0.05) is 36.6 Å². The second kappa shape index (κ2) is 11.6. The Kier molecular flexibility index (Phi) is 7.63. The summed E-state index contributed by atoms with van der Waals surface area (Å²) in [6.07, 6.45) is 1.62. The number of piperazine rings is 1. The molecule has 0 bridgehead atoms. The van der Waals surface area contributed by atoms with Gasteiger partial charge in [0.05, 0.1) is 29.8 Å². The van der Waals surface area contributed by atoms with Gasteiger partial charge in [0.15, 0.2) is 0 Å². The van der Waals surface area contributed by atoms with Crippen molar-refractivity contribution in [3.63, 3.8) is 0 Å². The molecule has 0 spiro atoms. The Morgan fingerprint density at radius 3 is 2.59 bits per heavy atom. The van der Waals surface area contributed by atoms with Crippen molar-refractivity contribution in [2.75, 3.05) is 26.2 Å². The summed E-state index contributed by atoms with van der Waals surface area (Å²) in [6.45, 7) is 5.66. The van der Waals surface area contributed by atoms with Crippen LogP contribution in [0.4, 0.5) is 0 Å². The average molecular weight is 566 g/mol. The van der Waals surface area contributed by atoms with E-state index in [2.05, 4.69) is 35.4 Å². The van der Waals surface area contributed by atoms with Gasteiger partial charge in [0.1, 0.15) is 6.61 Å². The molecular formula is C32H31N5O3S. The lowest BCUT2D eigenvalue weighted by molar-refractivity contribution is -0.140. The van der Waals surface area contributed by atoms with Gasteiger partial charge < -0.3 is 14.5 Å². The zero-order valence-corrected chi connectivity index (χ0v) is 23.9. The van der Waals surface area contributed by atoms with Gasteiger partial charge in [-0.05, 0) is 36.2 Å². The Labute approximate surface area is 242 Å². The zero-order valence-electron chi connectivity index (χ0n) is 23.1. The number of carbonyl (C=O) groups is 2. The van der Waals surface area contributed by atoms with Crippen LogP contribution in [0.3, 0.4) is 0 Å². The molecule has 1 fully saturated rings. The van der Waals surface area contributed by atoms with Crippen LogP contribution in [0.25, 0.3) is 27.2 Å². The lowest BCUT2D eigenvalue weighted by Crippen LogP contribution is -2.56. The van der Waals surface area contributed by atoms with Gasteiger partial charge in [-0.2, -0.15) is 5.10 Å². The van der Waals surface area contributed by atoms with Crippen LogP contribution >= 0.6 is 11.3 Å². The van der Waals surface area contributed by atoms with Gasteiger partial charge in [0.2, 0.25) is 11.0 Å². The number of ether oxygens (including phenoxy) is 1. The lowest BCUT2D eigenvalue weighted by Gasteiger charge is -2.39. The highest BCUT2D eigenvalue weighted by atomic mass is 32.1. The van der Waals surface area contributed by atoms with E-state index in [0.717, 1.165) is 22.5 Å². The molecule has 0 aliphatic carbocycles. The van der Waals surface area contributed by atoms with Crippen molar-refractivity contribution in [2.24, 2.45) is 0 Å². The number of amides is 2. The highest BCUT2D eigenvalue weighted by Gasteiger charge is 2.31. The quantitative estimate of drug-likeness (QED) is 0.266. The van der Waals surface area contributed by atoms with Crippen LogP contribution in [0, 0.1) is 6.92 Å². The molecule has 0 N–H and O–H groups in total. The molecule has 8 nitrogen and oxygen atoms in total. The number of carbonyl (C=O) groups excluding carboxylic acids is 2. The van der Waals surface area contributed by atoms with E-state index in [0.29, 0.717) is 36.9 Å². The largest absolute Gasteiger partial charge is 0.367 e. The Morgan fingerprint density at radius 1 is 1.00 bits per heavy atom. The predicted octanol–water partition coefficient (Wildman–Crippen LogP) is 5.35. The summed E-state index contributed by atoms with van der Waals surface area (Å²) < 4.78 is 7.38. The van der Waals surface area contributed by atoms with E-state index in [1.54, 1.807) is 20.7 Å². The molecule has 0 radical (unpaired) electrons. The van der Waals surface area contributed by atoms with Crippen LogP contribution in [-0.4, -0.2) is 68.7 Å². The number of hydrogen-bond acceptors (Lipinski definition) is 6. The first-order valence-corrected chi connectivity index (χ1v) is 14.6. The fraction of sp³-hybridized carbons (Fsp3) is 0.250.